The fraction of sp³-hybridized carbons (Fsp3) is 0.667. The molecule has 0 fully saturated rings. The van der Waals surface area contributed by atoms with E-state index in [1.165, 1.54) is 32.8 Å². The first-order valence-electron chi connectivity index (χ1n) is 10.5. The third-order valence-corrected chi connectivity index (χ3v) is 5.90. The molecule has 0 bridgehead atoms. The monoisotopic (exact) mass is 426 g/mol. The number of nitrogens with one attached hydrogen (secondary N) is 3. The summed E-state index contributed by atoms with van der Waals surface area (Å²) in [6.45, 7) is 8.15. The molecule has 0 aliphatic heterocycles. The Hall–Kier alpha value is -1.64. The Kier molecular flexibility index (Phi) is 12.6. The van der Waals surface area contributed by atoms with E-state index in [1.54, 1.807) is 18.2 Å². The smallest absolute Gasteiger partial charge is 0.240 e. The number of guanidine groups is 1. The molecule has 0 aromatic heterocycles. The Morgan fingerprint density at radius 3 is 2.69 bits per heavy atom. The van der Waals surface area contributed by atoms with Crippen LogP contribution in [0.5, 0.6) is 0 Å². The Labute approximate surface area is 176 Å². The Morgan fingerprint density at radius 1 is 1.21 bits per heavy atom. The van der Waals surface area contributed by atoms with E-state index >= 15 is 0 Å². The molecule has 3 N–H and O–H groups in total. The normalized spacial score (nSPS) is 13.3. The number of aliphatic imine (C=N–C) groups is 1. The molecule has 0 saturated carbocycles. The summed E-state index contributed by atoms with van der Waals surface area (Å²) in [5.41, 5.74) is 0.840. The van der Waals surface area contributed by atoms with E-state index in [4.69, 9.17) is 4.74 Å². The second-order valence-corrected chi connectivity index (χ2v) is 8.89. The molecule has 0 saturated heterocycles. The van der Waals surface area contributed by atoms with Crippen molar-refractivity contribution in [1.82, 2.24) is 15.4 Å². The minimum Gasteiger partial charge on any atom is -0.383 e. The molecule has 0 amide bonds. The van der Waals surface area contributed by atoms with Crippen LogP contribution in [0, 0.1) is 0 Å². The molecule has 29 heavy (non-hydrogen) atoms. The van der Waals surface area contributed by atoms with Crippen molar-refractivity contribution in [3.63, 3.8) is 0 Å². The Morgan fingerprint density at radius 2 is 2.00 bits per heavy atom. The zero-order valence-electron chi connectivity index (χ0n) is 18.3. The maximum Gasteiger partial charge on any atom is 0.240 e. The quantitative estimate of drug-likeness (QED) is 0.242. The highest BCUT2D eigenvalue weighted by molar-refractivity contribution is 7.89. The van der Waals surface area contributed by atoms with E-state index < -0.39 is 10.0 Å². The van der Waals surface area contributed by atoms with Crippen molar-refractivity contribution in [2.24, 2.45) is 4.99 Å². The van der Waals surface area contributed by atoms with E-state index in [9.17, 15) is 8.42 Å². The van der Waals surface area contributed by atoms with Gasteiger partial charge in [0.25, 0.3) is 0 Å². The number of nitrogens with zero attached hydrogens (tertiary/aromatic N) is 1. The van der Waals surface area contributed by atoms with Gasteiger partial charge in [0, 0.05) is 26.2 Å². The maximum atomic E-state index is 12.4. The molecule has 7 nitrogen and oxygen atoms in total. The number of methoxy groups -OCH3 is 1. The van der Waals surface area contributed by atoms with Crippen molar-refractivity contribution < 1.29 is 13.2 Å². The number of hydrogen-bond donors (Lipinski definition) is 3. The number of unbranched alkanes of at least 4 members (excludes halogenated alkanes) is 3. The van der Waals surface area contributed by atoms with Gasteiger partial charge >= 0.3 is 0 Å². The third-order valence-electron chi connectivity index (χ3n) is 4.44. The summed E-state index contributed by atoms with van der Waals surface area (Å²) in [4.78, 5) is 4.87. The third kappa shape index (κ3) is 10.6. The highest BCUT2D eigenvalue weighted by Gasteiger charge is 2.13. The van der Waals surface area contributed by atoms with Gasteiger partial charge in [-0.3, -0.25) is 0 Å². The highest BCUT2D eigenvalue weighted by Crippen LogP contribution is 2.12. The zero-order valence-corrected chi connectivity index (χ0v) is 19.1. The van der Waals surface area contributed by atoms with Crippen LogP contribution in [-0.4, -0.2) is 47.2 Å². The van der Waals surface area contributed by atoms with Gasteiger partial charge in [-0.15, -0.1) is 0 Å². The molecule has 0 radical (unpaired) electrons. The zero-order chi connectivity index (χ0) is 21.5. The van der Waals surface area contributed by atoms with Crippen LogP contribution in [0.25, 0.3) is 0 Å². The number of sulfonamides is 1. The summed E-state index contributed by atoms with van der Waals surface area (Å²) in [6, 6.07) is 7.21. The Balaban J connectivity index is 2.71. The van der Waals surface area contributed by atoms with Gasteiger partial charge in [-0.25, -0.2) is 18.1 Å². The number of benzene rings is 1. The number of hydrogen-bond acceptors (Lipinski definition) is 4. The van der Waals surface area contributed by atoms with Crippen molar-refractivity contribution in [1.29, 1.82) is 0 Å². The molecule has 0 spiro atoms. The van der Waals surface area contributed by atoms with Crippen LogP contribution in [0.15, 0.2) is 34.2 Å². The van der Waals surface area contributed by atoms with Crippen LogP contribution < -0.4 is 15.4 Å². The second-order valence-electron chi connectivity index (χ2n) is 7.13. The number of rotatable bonds is 14. The predicted molar refractivity (Wildman–Crippen MR) is 120 cm³/mol. The van der Waals surface area contributed by atoms with E-state index in [1.807, 2.05) is 13.0 Å². The van der Waals surface area contributed by atoms with Gasteiger partial charge in [-0.05, 0) is 38.0 Å². The molecule has 1 aromatic carbocycles. The highest BCUT2D eigenvalue weighted by atomic mass is 32.2. The van der Waals surface area contributed by atoms with E-state index in [0.717, 1.165) is 24.5 Å². The SMILES string of the molecule is CCCCCCC(C)NC(=NCc1cccc(S(=O)(=O)NCCOC)c1)NCC. The summed E-state index contributed by atoms with van der Waals surface area (Å²) in [7, 11) is -2.01. The molecule has 0 aliphatic rings. The van der Waals surface area contributed by atoms with E-state index in [-0.39, 0.29) is 11.4 Å². The topological polar surface area (TPSA) is 91.8 Å². The fourth-order valence-electron chi connectivity index (χ4n) is 2.85. The Bertz CT molecular complexity index is 708. The lowest BCUT2D eigenvalue weighted by Crippen LogP contribution is -2.42. The van der Waals surface area contributed by atoms with Crippen LogP contribution in [0.3, 0.4) is 0 Å². The molecule has 166 valence electrons. The summed E-state index contributed by atoms with van der Waals surface area (Å²) in [5, 5.41) is 6.70. The second kappa shape index (κ2) is 14.4. The number of ether oxygens (including phenoxy) is 1. The molecule has 1 rings (SSSR count). The molecular weight excluding hydrogens is 388 g/mol. The van der Waals surface area contributed by atoms with E-state index in [0.29, 0.717) is 19.2 Å². The lowest BCUT2D eigenvalue weighted by atomic mass is 10.1. The largest absolute Gasteiger partial charge is 0.383 e. The van der Waals surface area contributed by atoms with Crippen molar-refractivity contribution in [2.45, 2.75) is 70.4 Å². The van der Waals surface area contributed by atoms with Gasteiger partial charge in [-0.2, -0.15) is 0 Å². The van der Waals surface area contributed by atoms with Crippen molar-refractivity contribution in [2.75, 3.05) is 26.8 Å². The van der Waals surface area contributed by atoms with E-state index in [2.05, 4.69) is 34.2 Å². The van der Waals surface area contributed by atoms with Crippen LogP contribution in [-0.2, 0) is 21.3 Å². The van der Waals surface area contributed by atoms with Gasteiger partial charge < -0.3 is 15.4 Å². The van der Waals surface area contributed by atoms with Crippen molar-refractivity contribution in [3.8, 4) is 0 Å². The molecule has 8 heteroatoms. The van der Waals surface area contributed by atoms with Crippen LogP contribution >= 0.6 is 0 Å². The van der Waals surface area contributed by atoms with Crippen LogP contribution in [0.1, 0.15) is 58.4 Å². The standard InChI is InChI=1S/C21H38N4O3S/c1-5-7-8-9-11-18(3)25-21(22-6-2)23-17-19-12-10-13-20(16-19)29(26,27)24-14-15-28-4/h10,12-13,16,18,24H,5-9,11,14-15,17H2,1-4H3,(H2,22,23,25). The van der Waals surface area contributed by atoms with Gasteiger partial charge in [0.2, 0.25) is 10.0 Å². The van der Waals surface area contributed by atoms with Gasteiger partial charge in [0.05, 0.1) is 18.0 Å². The molecule has 0 heterocycles. The van der Waals surface area contributed by atoms with Crippen LogP contribution in [0.2, 0.25) is 0 Å². The van der Waals surface area contributed by atoms with Gasteiger partial charge in [-0.1, -0.05) is 44.7 Å². The first-order chi connectivity index (χ1) is 13.9. The molecule has 0 aliphatic carbocycles. The van der Waals surface area contributed by atoms with Gasteiger partial charge in [0.1, 0.15) is 0 Å². The minimum absolute atomic E-state index is 0.239. The molecule has 1 unspecified atom stereocenters. The summed E-state index contributed by atoms with van der Waals surface area (Å²) in [5.74, 6) is 0.752. The molecule has 1 aromatic rings. The first-order valence-corrected chi connectivity index (χ1v) is 12.0. The first kappa shape index (κ1) is 25.4. The van der Waals surface area contributed by atoms with Crippen LogP contribution in [0.4, 0.5) is 0 Å². The van der Waals surface area contributed by atoms with Gasteiger partial charge in [0.15, 0.2) is 5.96 Å². The molecular formula is C21H38N4O3S. The summed E-state index contributed by atoms with van der Waals surface area (Å²) < 4.78 is 32.2. The lowest BCUT2D eigenvalue weighted by Gasteiger charge is -2.18. The summed E-state index contributed by atoms with van der Waals surface area (Å²) >= 11 is 0. The fourth-order valence-corrected chi connectivity index (χ4v) is 3.93. The average molecular weight is 427 g/mol. The predicted octanol–water partition coefficient (Wildman–Crippen LogP) is 3.03. The average Bonchev–Trinajstić information content (AvgIpc) is 2.70. The summed E-state index contributed by atoms with van der Waals surface area (Å²) in [6.07, 6.45) is 6.08. The molecule has 1 atom stereocenters. The van der Waals surface area contributed by atoms with Crippen molar-refractivity contribution in [3.05, 3.63) is 29.8 Å². The van der Waals surface area contributed by atoms with Crippen molar-refractivity contribution >= 4 is 16.0 Å². The lowest BCUT2D eigenvalue weighted by molar-refractivity contribution is 0.204. The minimum atomic E-state index is -3.55. The maximum absolute atomic E-state index is 12.4.